The van der Waals surface area contributed by atoms with Crippen LogP contribution in [0.4, 0.5) is 5.69 Å². The molecule has 2 unspecified atom stereocenters. The van der Waals surface area contributed by atoms with Gasteiger partial charge in [-0.25, -0.2) is 0 Å². The number of anilines is 1. The quantitative estimate of drug-likeness (QED) is 0.414. The zero-order chi connectivity index (χ0) is 26.9. The molecule has 9 heteroatoms. The van der Waals surface area contributed by atoms with E-state index in [9.17, 15) is 9.59 Å². The van der Waals surface area contributed by atoms with Gasteiger partial charge in [0.1, 0.15) is 0 Å². The summed E-state index contributed by atoms with van der Waals surface area (Å²) in [6.45, 7) is 1.92. The summed E-state index contributed by atoms with van der Waals surface area (Å²) in [5.41, 5.74) is 3.23. The van der Waals surface area contributed by atoms with Crippen LogP contribution in [-0.4, -0.2) is 52.2 Å². The highest BCUT2D eigenvalue weighted by molar-refractivity contribution is 9.10. The number of benzene rings is 3. The summed E-state index contributed by atoms with van der Waals surface area (Å²) in [5.74, 6) is 0.630. The van der Waals surface area contributed by atoms with E-state index in [2.05, 4.69) is 21.2 Å². The molecular formula is C28H29BrN2O6. The van der Waals surface area contributed by atoms with E-state index in [1.165, 1.54) is 14.2 Å². The number of methoxy groups -OCH3 is 4. The Morgan fingerprint density at radius 1 is 0.865 bits per heavy atom. The molecule has 1 aliphatic heterocycles. The van der Waals surface area contributed by atoms with Crippen molar-refractivity contribution in [3.05, 3.63) is 75.3 Å². The maximum atomic E-state index is 14.0. The van der Waals surface area contributed by atoms with Crippen LogP contribution in [0.1, 0.15) is 39.0 Å². The number of amides is 2. The maximum absolute atomic E-state index is 14.0. The van der Waals surface area contributed by atoms with Crippen LogP contribution in [0.2, 0.25) is 0 Å². The Balaban J connectivity index is 1.91. The van der Waals surface area contributed by atoms with Gasteiger partial charge in [-0.2, -0.15) is 0 Å². The van der Waals surface area contributed by atoms with Crippen molar-refractivity contribution in [3.63, 3.8) is 0 Å². The number of fused-ring (bicyclic) bond motifs is 1. The van der Waals surface area contributed by atoms with Crippen molar-refractivity contribution in [2.75, 3.05) is 40.8 Å². The maximum Gasteiger partial charge on any atom is 0.254 e. The van der Waals surface area contributed by atoms with E-state index >= 15 is 0 Å². The third-order valence-electron chi connectivity index (χ3n) is 6.65. The van der Waals surface area contributed by atoms with E-state index < -0.39 is 12.0 Å². The van der Waals surface area contributed by atoms with Crippen molar-refractivity contribution < 1.29 is 28.5 Å². The molecule has 1 heterocycles. The van der Waals surface area contributed by atoms with Gasteiger partial charge in [0.15, 0.2) is 23.0 Å². The summed E-state index contributed by atoms with van der Waals surface area (Å²) < 4.78 is 22.8. The minimum Gasteiger partial charge on any atom is -0.493 e. The van der Waals surface area contributed by atoms with Crippen molar-refractivity contribution in [3.8, 4) is 23.0 Å². The number of halogens is 1. The van der Waals surface area contributed by atoms with E-state index in [1.54, 1.807) is 50.4 Å². The van der Waals surface area contributed by atoms with Crippen LogP contribution >= 0.6 is 15.9 Å². The molecule has 0 saturated heterocycles. The number of carbonyl (C=O) groups is 2. The Morgan fingerprint density at radius 3 is 2.11 bits per heavy atom. The summed E-state index contributed by atoms with van der Waals surface area (Å²) in [6.07, 6.45) is 0. The molecule has 0 saturated carbocycles. The number of ether oxygens (including phenoxy) is 4. The lowest BCUT2D eigenvalue weighted by molar-refractivity contribution is -0.119. The van der Waals surface area contributed by atoms with Gasteiger partial charge in [0.05, 0.1) is 40.4 Å². The average Bonchev–Trinajstić information content (AvgIpc) is 2.90. The van der Waals surface area contributed by atoms with Gasteiger partial charge < -0.3 is 29.2 Å². The lowest BCUT2D eigenvalue weighted by Gasteiger charge is -2.40. The van der Waals surface area contributed by atoms with Gasteiger partial charge in [-0.15, -0.1) is 0 Å². The molecule has 0 aliphatic carbocycles. The summed E-state index contributed by atoms with van der Waals surface area (Å²) >= 11 is 3.47. The zero-order valence-electron chi connectivity index (χ0n) is 21.5. The van der Waals surface area contributed by atoms with Crippen molar-refractivity contribution in [2.24, 2.45) is 0 Å². The molecule has 0 radical (unpaired) electrons. The van der Waals surface area contributed by atoms with E-state index in [4.69, 9.17) is 18.9 Å². The molecule has 1 aliphatic rings. The molecule has 0 fully saturated rings. The van der Waals surface area contributed by atoms with Crippen molar-refractivity contribution in [1.82, 2.24) is 4.90 Å². The van der Waals surface area contributed by atoms with Gasteiger partial charge in [0, 0.05) is 22.8 Å². The molecule has 2 atom stereocenters. The molecule has 8 nitrogen and oxygen atoms in total. The Morgan fingerprint density at radius 2 is 1.49 bits per heavy atom. The number of aryl methyl sites for hydroxylation is 1. The fraction of sp³-hybridized carbons (Fsp3) is 0.286. The van der Waals surface area contributed by atoms with Gasteiger partial charge in [-0.3, -0.25) is 9.59 Å². The second kappa shape index (κ2) is 10.7. The smallest absolute Gasteiger partial charge is 0.254 e. The molecule has 0 aromatic heterocycles. The highest BCUT2D eigenvalue weighted by Crippen LogP contribution is 2.47. The standard InChI is InChI=1S/C28H29BrN2O6/c1-15-11-17(29)8-9-20(15)30-27(32)25-18-13-23(36-5)24(37-6)14-19(18)28(33)31(2)26(25)16-7-10-21(34-3)22(12-16)35-4/h7-14,25-26H,1-6H3,(H,30,32). The molecule has 1 N–H and O–H groups in total. The molecule has 3 aromatic rings. The number of carbonyl (C=O) groups excluding carboxylic acids is 2. The molecule has 37 heavy (non-hydrogen) atoms. The SMILES string of the molecule is COc1ccc(C2C(C(=O)Nc3ccc(Br)cc3C)c3cc(OC)c(OC)cc3C(=O)N2C)cc1OC. The third-order valence-corrected chi connectivity index (χ3v) is 7.15. The van der Waals surface area contributed by atoms with E-state index in [-0.39, 0.29) is 11.8 Å². The first kappa shape index (κ1) is 26.3. The van der Waals surface area contributed by atoms with Crippen LogP contribution in [0, 0.1) is 6.92 Å². The predicted octanol–water partition coefficient (Wildman–Crippen LogP) is 5.34. The number of nitrogens with one attached hydrogen (secondary N) is 1. The average molecular weight is 569 g/mol. The first-order valence-corrected chi connectivity index (χ1v) is 12.3. The monoisotopic (exact) mass is 568 g/mol. The van der Waals surface area contributed by atoms with E-state index in [1.807, 2.05) is 31.2 Å². The first-order chi connectivity index (χ1) is 17.7. The number of rotatable bonds is 7. The van der Waals surface area contributed by atoms with Crippen LogP contribution in [-0.2, 0) is 4.79 Å². The Kier molecular flexibility index (Phi) is 7.63. The van der Waals surface area contributed by atoms with Gasteiger partial charge in [-0.05, 0) is 66.1 Å². The summed E-state index contributed by atoms with van der Waals surface area (Å²) in [6, 6.07) is 13.8. The third kappa shape index (κ3) is 4.83. The summed E-state index contributed by atoms with van der Waals surface area (Å²) in [7, 11) is 7.82. The fourth-order valence-corrected chi connectivity index (χ4v) is 5.24. The highest BCUT2D eigenvalue weighted by Gasteiger charge is 2.44. The predicted molar refractivity (Wildman–Crippen MR) is 144 cm³/mol. The van der Waals surface area contributed by atoms with Crippen molar-refractivity contribution in [2.45, 2.75) is 18.9 Å². The van der Waals surface area contributed by atoms with Crippen LogP contribution in [0.15, 0.2) is 53.0 Å². The molecular weight excluding hydrogens is 540 g/mol. The Labute approximate surface area is 224 Å². The molecule has 3 aromatic carbocycles. The lowest BCUT2D eigenvalue weighted by atomic mass is 9.79. The van der Waals surface area contributed by atoms with Gasteiger partial charge in [0.25, 0.3) is 5.91 Å². The van der Waals surface area contributed by atoms with E-state index in [0.29, 0.717) is 39.8 Å². The Bertz CT molecular complexity index is 1360. The second-order valence-electron chi connectivity index (χ2n) is 8.70. The van der Waals surface area contributed by atoms with Crippen molar-refractivity contribution in [1.29, 1.82) is 0 Å². The normalized spacial score (nSPS) is 16.6. The Hall–Kier alpha value is -3.72. The summed E-state index contributed by atoms with van der Waals surface area (Å²) in [4.78, 5) is 29.2. The molecule has 2 amide bonds. The van der Waals surface area contributed by atoms with Crippen LogP contribution < -0.4 is 24.3 Å². The molecule has 0 bridgehead atoms. The van der Waals surface area contributed by atoms with Crippen LogP contribution in [0.25, 0.3) is 0 Å². The number of nitrogens with zero attached hydrogens (tertiary/aromatic N) is 1. The fourth-order valence-electron chi connectivity index (χ4n) is 4.76. The minimum absolute atomic E-state index is 0.236. The molecule has 0 spiro atoms. The topological polar surface area (TPSA) is 86.3 Å². The minimum atomic E-state index is -0.765. The second-order valence-corrected chi connectivity index (χ2v) is 9.61. The van der Waals surface area contributed by atoms with Crippen LogP contribution in [0.5, 0.6) is 23.0 Å². The van der Waals surface area contributed by atoms with Crippen LogP contribution in [0.3, 0.4) is 0 Å². The largest absolute Gasteiger partial charge is 0.493 e. The number of likely N-dealkylation sites (N-methyl/N-ethyl adjacent to an activating group) is 1. The number of hydrogen-bond donors (Lipinski definition) is 1. The summed E-state index contributed by atoms with van der Waals surface area (Å²) in [5, 5.41) is 3.07. The lowest BCUT2D eigenvalue weighted by Crippen LogP contribution is -2.44. The number of hydrogen-bond acceptors (Lipinski definition) is 6. The first-order valence-electron chi connectivity index (χ1n) is 11.6. The molecule has 194 valence electrons. The van der Waals surface area contributed by atoms with Gasteiger partial charge in [-0.1, -0.05) is 22.0 Å². The molecule has 4 rings (SSSR count). The van der Waals surface area contributed by atoms with E-state index in [0.717, 1.165) is 15.6 Å². The van der Waals surface area contributed by atoms with Gasteiger partial charge >= 0.3 is 0 Å². The zero-order valence-corrected chi connectivity index (χ0v) is 23.1. The highest BCUT2D eigenvalue weighted by atomic mass is 79.9. The van der Waals surface area contributed by atoms with Crippen molar-refractivity contribution >= 4 is 33.4 Å². The van der Waals surface area contributed by atoms with Gasteiger partial charge in [0.2, 0.25) is 5.91 Å².